The summed E-state index contributed by atoms with van der Waals surface area (Å²) in [7, 11) is 0. The van der Waals surface area contributed by atoms with Gasteiger partial charge in [-0.1, -0.05) is 36.7 Å². The molecule has 0 aromatic heterocycles. The van der Waals surface area contributed by atoms with Crippen LogP contribution < -0.4 is 10.1 Å². The SMILES string of the molecule is CC[C@@H](C)NC(=O)c1ccc(OCc2ccccc2Cl)cc1. The van der Waals surface area contributed by atoms with Crippen molar-refractivity contribution in [2.75, 3.05) is 0 Å². The Morgan fingerprint density at radius 1 is 1.18 bits per heavy atom. The molecule has 0 radical (unpaired) electrons. The smallest absolute Gasteiger partial charge is 0.251 e. The molecule has 0 spiro atoms. The minimum Gasteiger partial charge on any atom is -0.489 e. The highest BCUT2D eigenvalue weighted by molar-refractivity contribution is 6.31. The lowest BCUT2D eigenvalue weighted by atomic mass is 10.2. The van der Waals surface area contributed by atoms with Crippen molar-refractivity contribution < 1.29 is 9.53 Å². The van der Waals surface area contributed by atoms with Crippen LogP contribution >= 0.6 is 11.6 Å². The largest absolute Gasteiger partial charge is 0.489 e. The van der Waals surface area contributed by atoms with Crippen LogP contribution in [0, 0.1) is 0 Å². The van der Waals surface area contributed by atoms with Crippen LogP contribution in [0.5, 0.6) is 5.75 Å². The highest BCUT2D eigenvalue weighted by Gasteiger charge is 2.08. The summed E-state index contributed by atoms with van der Waals surface area (Å²) in [6, 6.07) is 14.9. The van der Waals surface area contributed by atoms with Gasteiger partial charge in [-0.2, -0.15) is 0 Å². The van der Waals surface area contributed by atoms with E-state index in [2.05, 4.69) is 5.32 Å². The Morgan fingerprint density at radius 3 is 2.50 bits per heavy atom. The molecule has 2 rings (SSSR count). The van der Waals surface area contributed by atoms with Gasteiger partial charge in [-0.05, 0) is 43.7 Å². The van der Waals surface area contributed by atoms with E-state index in [4.69, 9.17) is 16.3 Å². The van der Waals surface area contributed by atoms with Gasteiger partial charge in [-0.3, -0.25) is 4.79 Å². The van der Waals surface area contributed by atoms with Crippen molar-refractivity contribution in [2.24, 2.45) is 0 Å². The normalized spacial score (nSPS) is 11.8. The molecule has 0 aliphatic rings. The molecule has 0 saturated carbocycles. The van der Waals surface area contributed by atoms with E-state index < -0.39 is 0 Å². The number of rotatable bonds is 6. The fraction of sp³-hybridized carbons (Fsp3) is 0.278. The molecule has 2 aromatic rings. The Balaban J connectivity index is 1.95. The number of benzene rings is 2. The average molecular weight is 318 g/mol. The van der Waals surface area contributed by atoms with Gasteiger partial charge in [0.2, 0.25) is 0 Å². The van der Waals surface area contributed by atoms with E-state index in [1.165, 1.54) is 0 Å². The Bertz CT molecular complexity index is 625. The number of carbonyl (C=O) groups is 1. The molecular weight excluding hydrogens is 298 g/mol. The number of ether oxygens (including phenoxy) is 1. The predicted octanol–water partition coefficient (Wildman–Crippen LogP) is 4.45. The van der Waals surface area contributed by atoms with Gasteiger partial charge in [0.1, 0.15) is 12.4 Å². The molecule has 0 unspecified atom stereocenters. The lowest BCUT2D eigenvalue weighted by Crippen LogP contribution is -2.31. The molecule has 0 bridgehead atoms. The predicted molar refractivity (Wildman–Crippen MR) is 89.4 cm³/mol. The van der Waals surface area contributed by atoms with Crippen LogP contribution in [-0.2, 0) is 6.61 Å². The molecule has 22 heavy (non-hydrogen) atoms. The van der Waals surface area contributed by atoms with Crippen molar-refractivity contribution in [3.63, 3.8) is 0 Å². The number of hydrogen-bond donors (Lipinski definition) is 1. The van der Waals surface area contributed by atoms with Crippen LogP contribution in [0.25, 0.3) is 0 Å². The zero-order valence-corrected chi connectivity index (χ0v) is 13.6. The Kier molecular flexibility index (Phi) is 5.84. The van der Waals surface area contributed by atoms with E-state index in [1.54, 1.807) is 24.3 Å². The molecule has 0 aliphatic carbocycles. The van der Waals surface area contributed by atoms with Crippen molar-refractivity contribution in [3.8, 4) is 5.75 Å². The highest BCUT2D eigenvalue weighted by atomic mass is 35.5. The quantitative estimate of drug-likeness (QED) is 0.855. The average Bonchev–Trinajstić information content (AvgIpc) is 2.54. The van der Waals surface area contributed by atoms with Crippen LogP contribution in [0.1, 0.15) is 36.2 Å². The van der Waals surface area contributed by atoms with Gasteiger partial charge in [-0.15, -0.1) is 0 Å². The summed E-state index contributed by atoms with van der Waals surface area (Å²) in [4.78, 5) is 12.0. The van der Waals surface area contributed by atoms with Crippen LogP contribution in [0.3, 0.4) is 0 Å². The molecule has 1 N–H and O–H groups in total. The minimum absolute atomic E-state index is 0.0630. The lowest BCUT2D eigenvalue weighted by molar-refractivity contribution is 0.0939. The molecule has 3 nitrogen and oxygen atoms in total. The summed E-state index contributed by atoms with van der Waals surface area (Å²) >= 11 is 6.09. The first-order valence-corrected chi connectivity index (χ1v) is 7.75. The second-order valence-electron chi connectivity index (χ2n) is 5.19. The zero-order valence-electron chi connectivity index (χ0n) is 12.8. The van der Waals surface area contributed by atoms with E-state index in [-0.39, 0.29) is 11.9 Å². The van der Waals surface area contributed by atoms with Gasteiger partial charge >= 0.3 is 0 Å². The van der Waals surface area contributed by atoms with Gasteiger partial charge < -0.3 is 10.1 Å². The molecule has 0 fully saturated rings. The zero-order chi connectivity index (χ0) is 15.9. The first-order valence-electron chi connectivity index (χ1n) is 7.37. The van der Waals surface area contributed by atoms with Crippen LogP contribution in [0.4, 0.5) is 0 Å². The molecule has 1 amide bonds. The fourth-order valence-corrected chi connectivity index (χ4v) is 2.08. The number of nitrogens with one attached hydrogen (secondary N) is 1. The van der Waals surface area contributed by atoms with E-state index >= 15 is 0 Å². The van der Waals surface area contributed by atoms with E-state index in [0.29, 0.717) is 22.9 Å². The number of amides is 1. The van der Waals surface area contributed by atoms with Crippen LogP contribution in [0.2, 0.25) is 5.02 Å². The number of hydrogen-bond acceptors (Lipinski definition) is 2. The van der Waals surface area contributed by atoms with E-state index in [9.17, 15) is 4.79 Å². The Labute approximate surface area is 136 Å². The molecule has 4 heteroatoms. The third-order valence-corrected chi connectivity index (χ3v) is 3.83. The van der Waals surface area contributed by atoms with Gasteiger partial charge in [0.15, 0.2) is 0 Å². The minimum atomic E-state index is -0.0630. The van der Waals surface area contributed by atoms with E-state index in [0.717, 1.165) is 12.0 Å². The standard InChI is InChI=1S/C18H20ClNO2/c1-3-13(2)20-18(21)14-8-10-16(11-9-14)22-12-15-6-4-5-7-17(15)19/h4-11,13H,3,12H2,1-2H3,(H,20,21)/t13-/m1/s1. The lowest BCUT2D eigenvalue weighted by Gasteiger charge is -2.12. The first kappa shape index (κ1) is 16.4. The Morgan fingerprint density at radius 2 is 1.86 bits per heavy atom. The van der Waals surface area contributed by atoms with Crippen molar-refractivity contribution >= 4 is 17.5 Å². The van der Waals surface area contributed by atoms with Crippen molar-refractivity contribution in [3.05, 3.63) is 64.7 Å². The molecule has 0 saturated heterocycles. The molecular formula is C18H20ClNO2. The van der Waals surface area contributed by atoms with Crippen LogP contribution in [-0.4, -0.2) is 11.9 Å². The second kappa shape index (κ2) is 7.85. The third-order valence-electron chi connectivity index (χ3n) is 3.46. The summed E-state index contributed by atoms with van der Waals surface area (Å²) in [5.41, 5.74) is 1.56. The third kappa shape index (κ3) is 4.50. The summed E-state index contributed by atoms with van der Waals surface area (Å²) in [5, 5.41) is 3.62. The van der Waals surface area contributed by atoms with Gasteiger partial charge in [0.05, 0.1) is 0 Å². The summed E-state index contributed by atoms with van der Waals surface area (Å²) in [6.07, 6.45) is 0.908. The number of carbonyl (C=O) groups excluding carboxylic acids is 1. The first-order chi connectivity index (χ1) is 10.6. The van der Waals surface area contributed by atoms with Crippen molar-refractivity contribution in [1.82, 2.24) is 5.32 Å². The molecule has 116 valence electrons. The Hall–Kier alpha value is -2.00. The maximum absolute atomic E-state index is 12.0. The molecule has 0 heterocycles. The van der Waals surface area contributed by atoms with Gasteiger partial charge in [0, 0.05) is 22.2 Å². The molecule has 0 aliphatic heterocycles. The topological polar surface area (TPSA) is 38.3 Å². The second-order valence-corrected chi connectivity index (χ2v) is 5.59. The maximum atomic E-state index is 12.0. The molecule has 1 atom stereocenters. The van der Waals surface area contributed by atoms with Crippen molar-refractivity contribution in [2.45, 2.75) is 32.9 Å². The summed E-state index contributed by atoms with van der Waals surface area (Å²) in [6.45, 7) is 4.42. The highest BCUT2D eigenvalue weighted by Crippen LogP contribution is 2.19. The summed E-state index contributed by atoms with van der Waals surface area (Å²) in [5.74, 6) is 0.645. The summed E-state index contributed by atoms with van der Waals surface area (Å²) < 4.78 is 5.69. The molecule has 2 aromatic carbocycles. The van der Waals surface area contributed by atoms with Gasteiger partial charge in [-0.25, -0.2) is 0 Å². The fourth-order valence-electron chi connectivity index (χ4n) is 1.89. The van der Waals surface area contributed by atoms with Gasteiger partial charge in [0.25, 0.3) is 5.91 Å². The maximum Gasteiger partial charge on any atom is 0.251 e. The monoisotopic (exact) mass is 317 g/mol. The van der Waals surface area contributed by atoms with Crippen molar-refractivity contribution in [1.29, 1.82) is 0 Å². The van der Waals surface area contributed by atoms with E-state index in [1.807, 2.05) is 38.1 Å². The number of halogens is 1. The van der Waals surface area contributed by atoms with Crippen LogP contribution in [0.15, 0.2) is 48.5 Å².